The molecule has 2 N–H and O–H groups in total. The quantitative estimate of drug-likeness (QED) is 0.582. The molecule has 1 unspecified atom stereocenters. The maximum Gasteiger partial charge on any atom is 0.353 e. The van der Waals surface area contributed by atoms with Crippen LogP contribution in [-0.4, -0.2) is 27.5 Å². The number of nitrogens with one attached hydrogen (secondary N) is 2. The Balaban J connectivity index is 3.12. The first-order valence-electron chi connectivity index (χ1n) is 6.51. The Bertz CT molecular complexity index is 436. The van der Waals surface area contributed by atoms with E-state index in [4.69, 9.17) is 0 Å². The molecule has 0 saturated heterocycles. The van der Waals surface area contributed by atoms with Gasteiger partial charge in [-0.25, -0.2) is 9.97 Å². The highest BCUT2D eigenvalue weighted by atomic mass is 16.6. The van der Waals surface area contributed by atoms with Crippen molar-refractivity contribution < 1.29 is 4.92 Å². The second-order valence-corrected chi connectivity index (χ2v) is 4.61. The Hall–Kier alpha value is -1.92. The molecule has 7 heteroatoms. The standard InChI is InChI=1S/C12H21N5O2/c1-5-9(8(3)4)16-12-10(17(18)19)11(13-6-2)14-7-15-12/h7-9H,5-6H2,1-4H3,(H2,13,14,15,16). The van der Waals surface area contributed by atoms with Crippen LogP contribution >= 0.6 is 0 Å². The zero-order valence-corrected chi connectivity index (χ0v) is 11.8. The lowest BCUT2D eigenvalue weighted by molar-refractivity contribution is -0.383. The first kappa shape index (κ1) is 15.1. The van der Waals surface area contributed by atoms with Crippen LogP contribution in [-0.2, 0) is 0 Å². The van der Waals surface area contributed by atoms with Gasteiger partial charge < -0.3 is 10.6 Å². The van der Waals surface area contributed by atoms with Crippen LogP contribution in [0.15, 0.2) is 6.33 Å². The molecule has 0 amide bonds. The van der Waals surface area contributed by atoms with Crippen molar-refractivity contribution in [2.75, 3.05) is 17.2 Å². The number of nitro groups is 1. The predicted octanol–water partition coefficient (Wildman–Crippen LogP) is 2.66. The number of anilines is 2. The van der Waals surface area contributed by atoms with Crippen LogP contribution in [0.4, 0.5) is 17.3 Å². The van der Waals surface area contributed by atoms with Gasteiger partial charge in [0.1, 0.15) is 6.33 Å². The lowest BCUT2D eigenvalue weighted by atomic mass is 10.0. The molecule has 0 aliphatic rings. The normalized spacial score (nSPS) is 12.3. The van der Waals surface area contributed by atoms with E-state index in [9.17, 15) is 10.1 Å². The van der Waals surface area contributed by atoms with Crippen molar-refractivity contribution in [1.29, 1.82) is 0 Å². The summed E-state index contributed by atoms with van der Waals surface area (Å²) < 4.78 is 0. The minimum atomic E-state index is -0.451. The van der Waals surface area contributed by atoms with Crippen LogP contribution in [0.1, 0.15) is 34.1 Å². The predicted molar refractivity (Wildman–Crippen MR) is 75.4 cm³/mol. The molecule has 19 heavy (non-hydrogen) atoms. The molecule has 0 fully saturated rings. The van der Waals surface area contributed by atoms with Gasteiger partial charge in [0.05, 0.1) is 4.92 Å². The van der Waals surface area contributed by atoms with E-state index in [1.54, 1.807) is 0 Å². The minimum Gasteiger partial charge on any atom is -0.364 e. The van der Waals surface area contributed by atoms with E-state index in [0.717, 1.165) is 6.42 Å². The molecule has 0 aliphatic heterocycles. The molecule has 0 saturated carbocycles. The fraction of sp³-hybridized carbons (Fsp3) is 0.667. The van der Waals surface area contributed by atoms with E-state index < -0.39 is 4.92 Å². The van der Waals surface area contributed by atoms with Gasteiger partial charge in [-0.3, -0.25) is 10.1 Å². The SMILES string of the molecule is CCNc1ncnc(NC(CC)C(C)C)c1[N+](=O)[O-]. The van der Waals surface area contributed by atoms with Crippen molar-refractivity contribution in [3.8, 4) is 0 Å². The van der Waals surface area contributed by atoms with Gasteiger partial charge in [0, 0.05) is 12.6 Å². The summed E-state index contributed by atoms with van der Waals surface area (Å²) in [6, 6.07) is 0.142. The number of aromatic nitrogens is 2. The van der Waals surface area contributed by atoms with Gasteiger partial charge >= 0.3 is 5.69 Å². The van der Waals surface area contributed by atoms with Crippen LogP contribution in [0.3, 0.4) is 0 Å². The lowest BCUT2D eigenvalue weighted by Crippen LogP contribution is -2.26. The average molecular weight is 267 g/mol. The zero-order chi connectivity index (χ0) is 14.4. The summed E-state index contributed by atoms with van der Waals surface area (Å²) >= 11 is 0. The second kappa shape index (κ2) is 6.86. The van der Waals surface area contributed by atoms with Crippen LogP contribution in [0.5, 0.6) is 0 Å². The summed E-state index contributed by atoms with van der Waals surface area (Å²) in [5.74, 6) is 0.891. The van der Waals surface area contributed by atoms with Gasteiger partial charge in [0.2, 0.25) is 11.6 Å². The topological polar surface area (TPSA) is 93.0 Å². The van der Waals surface area contributed by atoms with Crippen LogP contribution in [0, 0.1) is 16.0 Å². The van der Waals surface area contributed by atoms with E-state index in [1.807, 2.05) is 13.8 Å². The largest absolute Gasteiger partial charge is 0.364 e. The van der Waals surface area contributed by atoms with Crippen LogP contribution < -0.4 is 10.6 Å². The Kier molecular flexibility index (Phi) is 5.47. The van der Waals surface area contributed by atoms with Crippen LogP contribution in [0.2, 0.25) is 0 Å². The van der Waals surface area contributed by atoms with Crippen molar-refractivity contribution in [3.63, 3.8) is 0 Å². The molecule has 1 heterocycles. The highest BCUT2D eigenvalue weighted by Gasteiger charge is 2.24. The number of rotatable bonds is 7. The fourth-order valence-electron chi connectivity index (χ4n) is 1.87. The van der Waals surface area contributed by atoms with Gasteiger partial charge in [-0.2, -0.15) is 0 Å². The zero-order valence-electron chi connectivity index (χ0n) is 11.8. The summed E-state index contributed by atoms with van der Waals surface area (Å²) in [4.78, 5) is 18.7. The molecular weight excluding hydrogens is 246 g/mol. The fourth-order valence-corrected chi connectivity index (χ4v) is 1.87. The molecule has 0 aromatic carbocycles. The molecule has 1 aromatic heterocycles. The van der Waals surface area contributed by atoms with Crippen molar-refractivity contribution in [3.05, 3.63) is 16.4 Å². The van der Waals surface area contributed by atoms with E-state index in [1.165, 1.54) is 6.33 Å². The highest BCUT2D eigenvalue weighted by Crippen LogP contribution is 2.30. The Labute approximate surface area is 113 Å². The Morgan fingerprint density at radius 3 is 2.42 bits per heavy atom. The number of hydrogen-bond acceptors (Lipinski definition) is 6. The Morgan fingerprint density at radius 1 is 1.32 bits per heavy atom. The highest BCUT2D eigenvalue weighted by molar-refractivity contribution is 5.69. The van der Waals surface area contributed by atoms with E-state index in [0.29, 0.717) is 12.5 Å². The van der Waals surface area contributed by atoms with Crippen molar-refractivity contribution >= 4 is 17.3 Å². The monoisotopic (exact) mass is 267 g/mol. The summed E-state index contributed by atoms with van der Waals surface area (Å²) in [6.07, 6.45) is 2.20. The van der Waals surface area contributed by atoms with E-state index >= 15 is 0 Å². The third-order valence-corrected chi connectivity index (χ3v) is 2.92. The first-order valence-corrected chi connectivity index (χ1v) is 6.51. The molecule has 1 aromatic rings. The molecule has 0 bridgehead atoms. The van der Waals surface area contributed by atoms with Gasteiger partial charge in [-0.15, -0.1) is 0 Å². The third kappa shape index (κ3) is 3.77. The number of nitrogens with zero attached hydrogens (tertiary/aromatic N) is 3. The maximum atomic E-state index is 11.2. The Morgan fingerprint density at radius 2 is 1.95 bits per heavy atom. The van der Waals surface area contributed by atoms with Crippen molar-refractivity contribution in [2.24, 2.45) is 5.92 Å². The summed E-state index contributed by atoms with van der Waals surface area (Å²) in [5, 5.41) is 17.2. The molecule has 7 nitrogen and oxygen atoms in total. The molecule has 106 valence electrons. The van der Waals surface area contributed by atoms with Gasteiger partial charge in [-0.1, -0.05) is 20.8 Å². The van der Waals surface area contributed by atoms with Gasteiger partial charge in [0.25, 0.3) is 0 Å². The van der Waals surface area contributed by atoms with Gasteiger partial charge in [0.15, 0.2) is 0 Å². The molecule has 1 rings (SSSR count). The summed E-state index contributed by atoms with van der Waals surface area (Å²) in [6.45, 7) is 8.61. The summed E-state index contributed by atoms with van der Waals surface area (Å²) in [7, 11) is 0. The third-order valence-electron chi connectivity index (χ3n) is 2.92. The number of hydrogen-bond donors (Lipinski definition) is 2. The molecular formula is C12H21N5O2. The molecule has 0 spiro atoms. The molecule has 1 atom stereocenters. The summed E-state index contributed by atoms with van der Waals surface area (Å²) in [5.41, 5.74) is -0.0940. The van der Waals surface area contributed by atoms with E-state index in [2.05, 4.69) is 34.4 Å². The second-order valence-electron chi connectivity index (χ2n) is 4.61. The molecule has 0 radical (unpaired) electrons. The first-order chi connectivity index (χ1) is 9.01. The van der Waals surface area contributed by atoms with Crippen LogP contribution in [0.25, 0.3) is 0 Å². The average Bonchev–Trinajstić information content (AvgIpc) is 2.35. The maximum absolute atomic E-state index is 11.2. The lowest BCUT2D eigenvalue weighted by Gasteiger charge is -2.21. The smallest absolute Gasteiger partial charge is 0.353 e. The van der Waals surface area contributed by atoms with E-state index in [-0.39, 0.29) is 23.4 Å². The van der Waals surface area contributed by atoms with Gasteiger partial charge in [-0.05, 0) is 19.3 Å². The van der Waals surface area contributed by atoms with Crippen molar-refractivity contribution in [2.45, 2.75) is 40.2 Å². The van der Waals surface area contributed by atoms with Crippen molar-refractivity contribution in [1.82, 2.24) is 9.97 Å². The molecule has 0 aliphatic carbocycles. The minimum absolute atomic E-state index is 0.0940.